The molecule has 1 saturated carbocycles. The molecule has 1 aliphatic rings. The summed E-state index contributed by atoms with van der Waals surface area (Å²) in [6, 6.07) is 2.38. The predicted octanol–water partition coefficient (Wildman–Crippen LogP) is 0.930. The third-order valence-electron chi connectivity index (χ3n) is 4.44. The lowest BCUT2D eigenvalue weighted by atomic mass is 9.81. The van der Waals surface area contributed by atoms with Gasteiger partial charge in [0.2, 0.25) is 0 Å². The van der Waals surface area contributed by atoms with Gasteiger partial charge in [0, 0.05) is 24.7 Å². The van der Waals surface area contributed by atoms with Crippen LogP contribution in [0.15, 0.2) is 23.4 Å². The molecule has 1 fully saturated rings. The quantitative estimate of drug-likeness (QED) is 0.454. The average Bonchev–Trinajstić information content (AvgIpc) is 3.15. The largest absolute Gasteiger partial charge is 0.489 e. The van der Waals surface area contributed by atoms with Crippen LogP contribution in [0.1, 0.15) is 29.6 Å². The minimum atomic E-state index is -3.73. The zero-order valence-corrected chi connectivity index (χ0v) is 16.9. The van der Waals surface area contributed by atoms with Gasteiger partial charge < -0.3 is 4.74 Å². The summed E-state index contributed by atoms with van der Waals surface area (Å²) in [5.74, 6) is -3.32. The highest BCUT2D eigenvalue weighted by Gasteiger charge is 2.38. The van der Waals surface area contributed by atoms with Crippen LogP contribution in [0.2, 0.25) is 5.02 Å². The number of hydrogen-bond acceptors (Lipinski definition) is 9. The van der Waals surface area contributed by atoms with Gasteiger partial charge in [-0.3, -0.25) is 14.4 Å². The van der Waals surface area contributed by atoms with Crippen LogP contribution in [0.25, 0.3) is 0 Å². The van der Waals surface area contributed by atoms with Crippen LogP contribution < -0.4 is 4.74 Å². The van der Waals surface area contributed by atoms with E-state index in [4.69, 9.17) is 16.3 Å². The SMILES string of the molecule is CS(=O)(=O)c1ccc(C(=O)C2C(=O)CCCC2=O)c(Cl)c1OCCn1cnnn1. The average molecular weight is 441 g/mol. The standard InChI is InChI=1S/C17H17ClN4O6S/c1-29(26,27)13-6-5-10(16(25)14-11(23)3-2-4-12(14)24)15(18)17(13)28-8-7-22-9-19-20-21-22/h5-6,9,14H,2-4,7-8H2,1H3. The van der Waals surface area contributed by atoms with Crippen molar-refractivity contribution < 1.29 is 27.5 Å². The second-order valence-electron chi connectivity index (χ2n) is 6.53. The smallest absolute Gasteiger partial charge is 0.182 e. The lowest BCUT2D eigenvalue weighted by Crippen LogP contribution is -2.35. The van der Waals surface area contributed by atoms with E-state index < -0.39 is 33.1 Å². The molecule has 154 valence electrons. The fraction of sp³-hybridized carbons (Fsp3) is 0.412. The molecule has 1 heterocycles. The second-order valence-corrected chi connectivity index (χ2v) is 8.89. The second kappa shape index (κ2) is 8.37. The van der Waals surface area contributed by atoms with Gasteiger partial charge in [-0.05, 0) is 29.0 Å². The van der Waals surface area contributed by atoms with Crippen molar-refractivity contribution in [2.75, 3.05) is 12.9 Å². The highest BCUT2D eigenvalue weighted by Crippen LogP contribution is 2.37. The number of halogens is 1. The van der Waals surface area contributed by atoms with Crippen LogP contribution in [0, 0.1) is 5.92 Å². The van der Waals surface area contributed by atoms with Crippen LogP contribution in [0.4, 0.5) is 0 Å². The summed E-state index contributed by atoms with van der Waals surface area (Å²) >= 11 is 6.31. The van der Waals surface area contributed by atoms with Gasteiger partial charge in [-0.1, -0.05) is 11.6 Å². The van der Waals surface area contributed by atoms with Crippen molar-refractivity contribution in [3.8, 4) is 5.75 Å². The topological polar surface area (TPSA) is 138 Å². The van der Waals surface area contributed by atoms with Crippen molar-refractivity contribution in [1.29, 1.82) is 0 Å². The van der Waals surface area contributed by atoms with Gasteiger partial charge in [0.1, 0.15) is 23.7 Å². The Morgan fingerprint density at radius 2 is 1.97 bits per heavy atom. The van der Waals surface area contributed by atoms with Gasteiger partial charge in [0.15, 0.2) is 32.9 Å². The molecule has 12 heteroatoms. The molecule has 1 aromatic heterocycles. The van der Waals surface area contributed by atoms with Crippen LogP contribution in [0.3, 0.4) is 0 Å². The molecule has 1 aromatic carbocycles. The number of nitrogens with zero attached hydrogens (tertiary/aromatic N) is 4. The van der Waals surface area contributed by atoms with Gasteiger partial charge >= 0.3 is 0 Å². The highest BCUT2D eigenvalue weighted by atomic mass is 35.5. The maximum atomic E-state index is 12.9. The Hall–Kier alpha value is -2.66. The van der Waals surface area contributed by atoms with Crippen molar-refractivity contribution in [3.05, 3.63) is 29.0 Å². The molecule has 0 saturated heterocycles. The molecule has 0 radical (unpaired) electrons. The summed E-state index contributed by atoms with van der Waals surface area (Å²) < 4.78 is 31.1. The van der Waals surface area contributed by atoms with Gasteiger partial charge in [-0.2, -0.15) is 0 Å². The molecule has 0 N–H and O–H groups in total. The fourth-order valence-corrected chi connectivity index (χ4v) is 4.21. The summed E-state index contributed by atoms with van der Waals surface area (Å²) in [5.41, 5.74) is -0.134. The molecule has 29 heavy (non-hydrogen) atoms. The van der Waals surface area contributed by atoms with Gasteiger partial charge in [-0.15, -0.1) is 5.10 Å². The van der Waals surface area contributed by atoms with Crippen molar-refractivity contribution in [1.82, 2.24) is 20.2 Å². The first kappa shape index (κ1) is 21.1. The Morgan fingerprint density at radius 1 is 1.28 bits per heavy atom. The molecule has 0 bridgehead atoms. The zero-order valence-electron chi connectivity index (χ0n) is 15.4. The summed E-state index contributed by atoms with van der Waals surface area (Å²) in [5, 5.41) is 10.3. The van der Waals surface area contributed by atoms with Gasteiger partial charge in [0.25, 0.3) is 0 Å². The summed E-state index contributed by atoms with van der Waals surface area (Å²) in [4.78, 5) is 36.9. The predicted molar refractivity (Wildman–Crippen MR) is 99.6 cm³/mol. The molecule has 3 rings (SSSR count). The minimum absolute atomic E-state index is 0.0355. The number of carbonyl (C=O) groups excluding carboxylic acids is 3. The Balaban J connectivity index is 1.95. The number of sulfone groups is 1. The van der Waals surface area contributed by atoms with Crippen LogP contribution in [0.5, 0.6) is 5.75 Å². The Bertz CT molecular complexity index is 1050. The lowest BCUT2D eigenvalue weighted by molar-refractivity contribution is -0.133. The first-order valence-electron chi connectivity index (χ1n) is 8.66. The molecule has 10 nitrogen and oxygen atoms in total. The number of rotatable bonds is 7. The third kappa shape index (κ3) is 4.51. The number of Topliss-reactive ketones (excluding diaryl/α,β-unsaturated/α-hetero) is 3. The minimum Gasteiger partial charge on any atom is -0.489 e. The van der Waals surface area contributed by atoms with Crippen LogP contribution in [-0.4, -0.2) is 58.8 Å². The van der Waals surface area contributed by atoms with E-state index in [1.165, 1.54) is 23.1 Å². The number of carbonyl (C=O) groups is 3. The number of benzene rings is 1. The van der Waals surface area contributed by atoms with E-state index in [0.29, 0.717) is 6.42 Å². The maximum Gasteiger partial charge on any atom is 0.182 e. The first-order valence-corrected chi connectivity index (χ1v) is 10.9. The summed E-state index contributed by atoms with van der Waals surface area (Å²) in [6.07, 6.45) is 3.01. The van der Waals surface area contributed by atoms with Gasteiger partial charge in [0.05, 0.1) is 11.6 Å². The number of hydrogen-bond donors (Lipinski definition) is 0. The highest BCUT2D eigenvalue weighted by molar-refractivity contribution is 7.90. The van der Waals surface area contributed by atoms with Crippen molar-refractivity contribution >= 4 is 38.8 Å². The van der Waals surface area contributed by atoms with E-state index in [9.17, 15) is 22.8 Å². The van der Waals surface area contributed by atoms with Crippen LogP contribution >= 0.6 is 11.6 Å². The van der Waals surface area contributed by atoms with E-state index in [1.54, 1.807) is 0 Å². The van der Waals surface area contributed by atoms with Crippen molar-refractivity contribution in [2.45, 2.75) is 30.7 Å². The number of tetrazole rings is 1. The molecule has 0 spiro atoms. The Labute approximate surface area is 171 Å². The van der Waals surface area contributed by atoms with Crippen molar-refractivity contribution in [3.63, 3.8) is 0 Å². The van der Waals surface area contributed by atoms with E-state index in [1.807, 2.05) is 0 Å². The summed E-state index contributed by atoms with van der Waals surface area (Å²) in [6.45, 7) is 0.163. The molecule has 0 atom stereocenters. The molecule has 1 aliphatic carbocycles. The molecule has 0 aliphatic heterocycles. The third-order valence-corrected chi connectivity index (χ3v) is 5.93. The molecular weight excluding hydrogens is 424 g/mol. The molecular formula is C17H17ClN4O6S. The number of ketones is 3. The van der Waals surface area contributed by atoms with E-state index in [0.717, 1.165) is 6.26 Å². The normalized spacial score (nSPS) is 15.5. The Kier molecular flexibility index (Phi) is 6.08. The molecule has 0 unspecified atom stereocenters. The van der Waals surface area contributed by atoms with Crippen LogP contribution in [-0.2, 0) is 26.0 Å². The monoisotopic (exact) mass is 440 g/mol. The lowest BCUT2D eigenvalue weighted by Gasteiger charge is -2.20. The summed E-state index contributed by atoms with van der Waals surface area (Å²) in [7, 11) is -3.73. The number of aromatic nitrogens is 4. The van der Waals surface area contributed by atoms with E-state index in [2.05, 4.69) is 15.5 Å². The molecule has 2 aromatic rings. The number of ether oxygens (including phenoxy) is 1. The zero-order chi connectivity index (χ0) is 21.2. The first-order chi connectivity index (χ1) is 13.7. The fourth-order valence-electron chi connectivity index (χ4n) is 3.03. The molecule has 0 amide bonds. The van der Waals surface area contributed by atoms with Crippen molar-refractivity contribution in [2.24, 2.45) is 5.92 Å². The Morgan fingerprint density at radius 3 is 2.55 bits per heavy atom. The van der Waals surface area contributed by atoms with Gasteiger partial charge in [-0.25, -0.2) is 13.1 Å². The van der Waals surface area contributed by atoms with E-state index >= 15 is 0 Å². The van der Waals surface area contributed by atoms with E-state index in [-0.39, 0.29) is 47.2 Å². The maximum absolute atomic E-state index is 12.9.